The predicted octanol–water partition coefficient (Wildman–Crippen LogP) is 1.93. The average molecular weight is 341 g/mol. The van der Waals surface area contributed by atoms with Crippen LogP contribution in [0.5, 0.6) is 0 Å². The number of carbonyl (C=O) groups is 2. The number of pyridine rings is 1. The highest BCUT2D eigenvalue weighted by Crippen LogP contribution is 2.20. The third-order valence-corrected chi connectivity index (χ3v) is 2.58. The third-order valence-electron chi connectivity index (χ3n) is 1.94. The zero-order chi connectivity index (χ0) is 14.6. The number of carbonyl (C=O) groups excluding carboxylic acids is 1. The van der Waals surface area contributed by atoms with E-state index < -0.39 is 31.1 Å². The number of amides is 1. The summed E-state index contributed by atoms with van der Waals surface area (Å²) in [5, 5.41) is 8.55. The number of carboxylic acid groups (broad SMARTS) is 1. The van der Waals surface area contributed by atoms with Crippen molar-refractivity contribution in [2.24, 2.45) is 0 Å². The lowest BCUT2D eigenvalue weighted by molar-refractivity contribution is -0.149. The lowest BCUT2D eigenvalue weighted by Gasteiger charge is -2.22. The van der Waals surface area contributed by atoms with Gasteiger partial charge in [-0.05, 0) is 28.1 Å². The van der Waals surface area contributed by atoms with Gasteiger partial charge < -0.3 is 10.0 Å². The summed E-state index contributed by atoms with van der Waals surface area (Å²) < 4.78 is 37.1. The summed E-state index contributed by atoms with van der Waals surface area (Å²) in [4.78, 5) is 26.2. The van der Waals surface area contributed by atoms with E-state index in [9.17, 15) is 22.8 Å². The van der Waals surface area contributed by atoms with E-state index in [1.165, 1.54) is 18.3 Å². The summed E-state index contributed by atoms with van der Waals surface area (Å²) >= 11 is 2.97. The number of halogens is 4. The molecule has 0 aliphatic rings. The molecule has 0 radical (unpaired) electrons. The van der Waals surface area contributed by atoms with Crippen molar-refractivity contribution >= 4 is 27.8 Å². The van der Waals surface area contributed by atoms with Gasteiger partial charge in [0.15, 0.2) is 0 Å². The molecule has 1 aromatic rings. The van der Waals surface area contributed by atoms with E-state index in [1.54, 1.807) is 0 Å². The molecular weight excluding hydrogens is 333 g/mol. The van der Waals surface area contributed by atoms with E-state index in [1.807, 2.05) is 0 Å². The van der Waals surface area contributed by atoms with E-state index in [0.29, 0.717) is 0 Å². The fourth-order valence-corrected chi connectivity index (χ4v) is 1.70. The number of rotatable bonds is 4. The Bertz CT molecular complexity index is 493. The van der Waals surface area contributed by atoms with Gasteiger partial charge in [0.25, 0.3) is 5.91 Å². The lowest BCUT2D eigenvalue weighted by atomic mass is 10.3. The van der Waals surface area contributed by atoms with E-state index in [2.05, 4.69) is 20.9 Å². The van der Waals surface area contributed by atoms with Crippen LogP contribution in [-0.2, 0) is 4.79 Å². The van der Waals surface area contributed by atoms with E-state index in [0.717, 1.165) is 0 Å². The molecule has 0 aliphatic heterocycles. The number of nitrogens with zero attached hydrogens (tertiary/aromatic N) is 2. The molecule has 0 aliphatic carbocycles. The Balaban J connectivity index is 3.01. The van der Waals surface area contributed by atoms with Gasteiger partial charge in [-0.1, -0.05) is 0 Å². The minimum Gasteiger partial charge on any atom is -0.480 e. The molecule has 0 bridgehead atoms. The maximum absolute atomic E-state index is 12.3. The standard InChI is InChI=1S/C10H8BrF3N2O3/c11-6-2-1-3-15-8(6)9(19)16(4-7(17)18)5-10(12,13)14/h1-3H,4-5H2,(H,17,18). The molecule has 9 heteroatoms. The molecule has 0 atom stereocenters. The molecule has 1 rings (SSSR count). The quantitative estimate of drug-likeness (QED) is 0.909. The van der Waals surface area contributed by atoms with Crippen LogP contribution in [0.1, 0.15) is 10.5 Å². The Morgan fingerprint density at radius 3 is 2.53 bits per heavy atom. The summed E-state index contributed by atoms with van der Waals surface area (Å²) in [6.45, 7) is -2.71. The molecule has 0 aromatic carbocycles. The first-order valence-electron chi connectivity index (χ1n) is 4.89. The van der Waals surface area contributed by atoms with Crippen molar-refractivity contribution in [2.45, 2.75) is 6.18 Å². The number of aliphatic carboxylic acids is 1. The minimum atomic E-state index is -4.69. The molecule has 104 valence electrons. The van der Waals surface area contributed by atoms with E-state index in [4.69, 9.17) is 5.11 Å². The zero-order valence-electron chi connectivity index (χ0n) is 9.32. The second-order valence-corrected chi connectivity index (χ2v) is 4.36. The van der Waals surface area contributed by atoms with Crippen LogP contribution in [0.4, 0.5) is 13.2 Å². The number of alkyl halides is 3. The van der Waals surface area contributed by atoms with Crippen molar-refractivity contribution in [3.05, 3.63) is 28.5 Å². The molecule has 19 heavy (non-hydrogen) atoms. The molecule has 0 saturated heterocycles. The Labute approximate surface area is 114 Å². The van der Waals surface area contributed by atoms with Crippen LogP contribution in [0.15, 0.2) is 22.8 Å². The lowest BCUT2D eigenvalue weighted by Crippen LogP contribution is -2.42. The average Bonchev–Trinajstić information content (AvgIpc) is 2.25. The highest BCUT2D eigenvalue weighted by Gasteiger charge is 2.35. The van der Waals surface area contributed by atoms with E-state index in [-0.39, 0.29) is 15.1 Å². The van der Waals surface area contributed by atoms with Gasteiger partial charge in [-0.15, -0.1) is 0 Å². The van der Waals surface area contributed by atoms with Crippen molar-refractivity contribution in [3.63, 3.8) is 0 Å². The van der Waals surface area contributed by atoms with Crippen LogP contribution < -0.4 is 0 Å². The van der Waals surface area contributed by atoms with Crippen molar-refractivity contribution in [1.82, 2.24) is 9.88 Å². The third kappa shape index (κ3) is 4.86. The minimum absolute atomic E-state index is 0.176. The number of hydrogen-bond acceptors (Lipinski definition) is 3. The Morgan fingerprint density at radius 1 is 1.42 bits per heavy atom. The SMILES string of the molecule is O=C(O)CN(CC(F)(F)F)C(=O)c1ncccc1Br. The van der Waals surface area contributed by atoms with Crippen molar-refractivity contribution in [2.75, 3.05) is 13.1 Å². The van der Waals surface area contributed by atoms with Crippen molar-refractivity contribution in [3.8, 4) is 0 Å². The largest absolute Gasteiger partial charge is 0.480 e. The molecule has 1 amide bonds. The Hall–Kier alpha value is -1.64. The molecule has 0 spiro atoms. The van der Waals surface area contributed by atoms with Gasteiger partial charge in [0.1, 0.15) is 18.8 Å². The van der Waals surface area contributed by atoms with Gasteiger partial charge in [0, 0.05) is 10.7 Å². The van der Waals surface area contributed by atoms with Gasteiger partial charge in [-0.3, -0.25) is 9.59 Å². The smallest absolute Gasteiger partial charge is 0.406 e. The first-order valence-corrected chi connectivity index (χ1v) is 5.68. The van der Waals surface area contributed by atoms with Gasteiger partial charge in [0.2, 0.25) is 0 Å². The van der Waals surface area contributed by atoms with Crippen molar-refractivity contribution in [1.29, 1.82) is 0 Å². The van der Waals surface area contributed by atoms with Crippen LogP contribution in [0, 0.1) is 0 Å². The summed E-state index contributed by atoms with van der Waals surface area (Å²) in [6.07, 6.45) is -3.46. The van der Waals surface area contributed by atoms with Gasteiger partial charge in [0.05, 0.1) is 0 Å². The molecule has 1 heterocycles. The summed E-state index contributed by atoms with van der Waals surface area (Å²) in [6, 6.07) is 2.90. The summed E-state index contributed by atoms with van der Waals surface area (Å²) in [5.41, 5.74) is -0.270. The molecule has 1 N–H and O–H groups in total. The Kier molecular flexibility index (Phi) is 4.87. The normalized spacial score (nSPS) is 11.2. The fraction of sp³-hybridized carbons (Fsp3) is 0.300. The van der Waals surface area contributed by atoms with Crippen LogP contribution in [0.25, 0.3) is 0 Å². The molecule has 0 saturated carbocycles. The predicted molar refractivity (Wildman–Crippen MR) is 61.5 cm³/mol. The van der Waals surface area contributed by atoms with Crippen LogP contribution in [-0.4, -0.2) is 46.1 Å². The second kappa shape index (κ2) is 6.00. The zero-order valence-corrected chi connectivity index (χ0v) is 10.9. The highest BCUT2D eigenvalue weighted by molar-refractivity contribution is 9.10. The maximum Gasteiger partial charge on any atom is 0.406 e. The topological polar surface area (TPSA) is 70.5 Å². The second-order valence-electron chi connectivity index (χ2n) is 3.50. The fourth-order valence-electron chi connectivity index (χ4n) is 1.27. The van der Waals surface area contributed by atoms with Gasteiger partial charge in [-0.25, -0.2) is 4.98 Å². The van der Waals surface area contributed by atoms with Gasteiger partial charge in [-0.2, -0.15) is 13.2 Å². The summed E-state index contributed by atoms with van der Waals surface area (Å²) in [5.74, 6) is -2.64. The van der Waals surface area contributed by atoms with E-state index >= 15 is 0 Å². The first-order chi connectivity index (χ1) is 8.70. The molecule has 0 unspecified atom stereocenters. The molecule has 5 nitrogen and oxygen atoms in total. The highest BCUT2D eigenvalue weighted by atomic mass is 79.9. The number of aromatic nitrogens is 1. The maximum atomic E-state index is 12.3. The summed E-state index contributed by atoms with van der Waals surface area (Å²) in [7, 11) is 0. The van der Waals surface area contributed by atoms with Crippen LogP contribution >= 0.6 is 15.9 Å². The van der Waals surface area contributed by atoms with Gasteiger partial charge >= 0.3 is 12.1 Å². The monoisotopic (exact) mass is 340 g/mol. The van der Waals surface area contributed by atoms with Crippen molar-refractivity contribution < 1.29 is 27.9 Å². The molecular formula is C10H8BrF3N2O3. The van der Waals surface area contributed by atoms with Crippen LogP contribution in [0.3, 0.4) is 0 Å². The molecule has 1 aromatic heterocycles. The molecule has 0 fully saturated rings. The number of hydrogen-bond donors (Lipinski definition) is 1. The Morgan fingerprint density at radius 2 is 2.05 bits per heavy atom. The van der Waals surface area contributed by atoms with Crippen LogP contribution in [0.2, 0.25) is 0 Å². The first kappa shape index (κ1) is 15.4. The number of carboxylic acids is 1.